The zero-order valence-corrected chi connectivity index (χ0v) is 15.0. The number of aryl methyl sites for hydroxylation is 1. The molecule has 2 heterocycles. The topological polar surface area (TPSA) is 93.7 Å². The van der Waals surface area contributed by atoms with Gasteiger partial charge in [-0.05, 0) is 17.7 Å². The Morgan fingerprint density at radius 3 is 2.40 bits per heavy atom. The maximum Gasteiger partial charge on any atom is 0.276 e. The van der Waals surface area contributed by atoms with Crippen LogP contribution in [0.3, 0.4) is 0 Å². The van der Waals surface area contributed by atoms with E-state index in [1.165, 1.54) is 4.31 Å². The van der Waals surface area contributed by atoms with Crippen LogP contribution in [0.15, 0.2) is 36.7 Å². The zero-order chi connectivity index (χ0) is 17.9. The first kappa shape index (κ1) is 17.9. The molecule has 1 aliphatic rings. The normalized spacial score (nSPS) is 16.9. The van der Waals surface area contributed by atoms with Gasteiger partial charge >= 0.3 is 0 Å². The van der Waals surface area contributed by atoms with E-state index in [0.29, 0.717) is 32.8 Å². The lowest BCUT2D eigenvalue weighted by molar-refractivity contribution is 0.181. The fraction of sp³-hybridized carbons (Fsp3) is 0.438. The molecule has 0 bridgehead atoms. The summed E-state index contributed by atoms with van der Waals surface area (Å²) in [6.07, 6.45) is 3.63. The van der Waals surface area contributed by atoms with Crippen LogP contribution in [0.5, 0.6) is 5.75 Å². The molecular formula is C16H23N5O3S. The number of nitrogens with zero attached hydrogens (tertiary/aromatic N) is 4. The second kappa shape index (κ2) is 7.52. The molecule has 9 heteroatoms. The lowest BCUT2D eigenvalue weighted by Gasteiger charge is -2.32. The Kier molecular flexibility index (Phi) is 5.38. The molecule has 2 N–H and O–H groups in total. The number of aromatic nitrogens is 2. The van der Waals surface area contributed by atoms with E-state index in [4.69, 9.17) is 9.88 Å². The molecule has 0 spiro atoms. The minimum Gasteiger partial charge on any atom is -0.486 e. The van der Waals surface area contributed by atoms with Gasteiger partial charge in [0, 0.05) is 52.2 Å². The van der Waals surface area contributed by atoms with E-state index >= 15 is 0 Å². The van der Waals surface area contributed by atoms with Crippen LogP contribution in [0.4, 0.5) is 0 Å². The SMILES string of the molecule is Cn1ccnc1COc1ccc(CN2CCN(S(N)(=O)=O)CC2)cc1. The molecule has 0 aliphatic carbocycles. The second-order valence-corrected chi connectivity index (χ2v) is 7.65. The number of hydrogen-bond donors (Lipinski definition) is 1. The number of imidazole rings is 1. The molecule has 0 radical (unpaired) electrons. The van der Waals surface area contributed by atoms with E-state index in [1.807, 2.05) is 42.1 Å². The summed E-state index contributed by atoms with van der Waals surface area (Å²) in [7, 11) is -1.64. The summed E-state index contributed by atoms with van der Waals surface area (Å²) in [5, 5.41) is 5.16. The van der Waals surface area contributed by atoms with Crippen LogP contribution in [0.1, 0.15) is 11.4 Å². The van der Waals surface area contributed by atoms with Gasteiger partial charge in [-0.3, -0.25) is 4.90 Å². The molecule has 1 aromatic carbocycles. The van der Waals surface area contributed by atoms with Crippen molar-refractivity contribution >= 4 is 10.2 Å². The Morgan fingerprint density at radius 2 is 1.84 bits per heavy atom. The third-order valence-electron chi connectivity index (χ3n) is 4.31. The van der Waals surface area contributed by atoms with Gasteiger partial charge in [-0.1, -0.05) is 12.1 Å². The standard InChI is InChI=1S/C16H23N5O3S/c1-19-7-6-18-16(19)13-24-15-4-2-14(3-5-15)12-20-8-10-21(11-9-20)25(17,22)23/h2-7H,8-13H2,1H3,(H2,17,22,23). The third-order valence-corrected chi connectivity index (χ3v) is 5.39. The van der Waals surface area contributed by atoms with Crippen molar-refractivity contribution in [1.29, 1.82) is 0 Å². The number of piperazine rings is 1. The predicted octanol–water partition coefficient (Wildman–Crippen LogP) is 0.320. The fourth-order valence-corrected chi connectivity index (χ4v) is 3.45. The quantitative estimate of drug-likeness (QED) is 0.796. The molecule has 1 aromatic heterocycles. The summed E-state index contributed by atoms with van der Waals surface area (Å²) in [6, 6.07) is 7.94. The smallest absolute Gasteiger partial charge is 0.276 e. The average molecular weight is 365 g/mol. The Morgan fingerprint density at radius 1 is 1.16 bits per heavy atom. The van der Waals surface area contributed by atoms with E-state index in [0.717, 1.165) is 23.7 Å². The van der Waals surface area contributed by atoms with Gasteiger partial charge in [0.25, 0.3) is 10.2 Å². The highest BCUT2D eigenvalue weighted by Crippen LogP contribution is 2.16. The molecule has 0 amide bonds. The van der Waals surface area contributed by atoms with Crippen LogP contribution >= 0.6 is 0 Å². The van der Waals surface area contributed by atoms with Gasteiger partial charge in [0.1, 0.15) is 18.2 Å². The van der Waals surface area contributed by atoms with Crippen LogP contribution in [-0.4, -0.2) is 53.4 Å². The van der Waals surface area contributed by atoms with Gasteiger partial charge in [0.15, 0.2) is 0 Å². The van der Waals surface area contributed by atoms with Crippen LogP contribution < -0.4 is 9.88 Å². The summed E-state index contributed by atoms with van der Waals surface area (Å²) in [5.74, 6) is 1.67. The number of hydrogen-bond acceptors (Lipinski definition) is 5. The van der Waals surface area contributed by atoms with Gasteiger partial charge in [-0.15, -0.1) is 0 Å². The van der Waals surface area contributed by atoms with Crippen LogP contribution in [0, 0.1) is 0 Å². The van der Waals surface area contributed by atoms with Gasteiger partial charge < -0.3 is 9.30 Å². The molecule has 1 fully saturated rings. The van der Waals surface area contributed by atoms with E-state index in [1.54, 1.807) is 6.20 Å². The van der Waals surface area contributed by atoms with Crippen molar-refractivity contribution in [3.63, 3.8) is 0 Å². The van der Waals surface area contributed by atoms with Crippen molar-refractivity contribution in [1.82, 2.24) is 18.8 Å². The maximum atomic E-state index is 11.3. The second-order valence-electron chi connectivity index (χ2n) is 6.11. The van der Waals surface area contributed by atoms with Crippen molar-refractivity contribution in [2.45, 2.75) is 13.2 Å². The van der Waals surface area contributed by atoms with Crippen molar-refractivity contribution in [2.75, 3.05) is 26.2 Å². The first-order chi connectivity index (χ1) is 11.9. The highest BCUT2D eigenvalue weighted by Gasteiger charge is 2.23. The minimum absolute atomic E-state index is 0.429. The van der Waals surface area contributed by atoms with Crippen LogP contribution in [-0.2, 0) is 30.4 Å². The molecule has 8 nitrogen and oxygen atoms in total. The molecule has 0 atom stereocenters. The first-order valence-corrected chi connectivity index (χ1v) is 9.60. The summed E-state index contributed by atoms with van der Waals surface area (Å²) in [4.78, 5) is 6.44. The highest BCUT2D eigenvalue weighted by molar-refractivity contribution is 7.86. The van der Waals surface area contributed by atoms with Gasteiger partial charge in [0.05, 0.1) is 0 Å². The largest absolute Gasteiger partial charge is 0.486 e. The summed E-state index contributed by atoms with van der Waals surface area (Å²) in [5.41, 5.74) is 1.16. The van der Waals surface area contributed by atoms with Crippen LogP contribution in [0.2, 0.25) is 0 Å². The van der Waals surface area contributed by atoms with E-state index in [2.05, 4.69) is 9.88 Å². The first-order valence-electron chi connectivity index (χ1n) is 8.10. The summed E-state index contributed by atoms with van der Waals surface area (Å²) in [6.45, 7) is 3.42. The van der Waals surface area contributed by atoms with Crippen molar-refractivity contribution in [2.24, 2.45) is 12.2 Å². The van der Waals surface area contributed by atoms with Crippen LogP contribution in [0.25, 0.3) is 0 Å². The maximum absolute atomic E-state index is 11.3. The van der Waals surface area contributed by atoms with Crippen molar-refractivity contribution < 1.29 is 13.2 Å². The molecule has 2 aromatic rings. The number of ether oxygens (including phenoxy) is 1. The summed E-state index contributed by atoms with van der Waals surface area (Å²) >= 11 is 0. The molecular weight excluding hydrogens is 342 g/mol. The number of nitrogens with two attached hydrogens (primary N) is 1. The monoisotopic (exact) mass is 365 g/mol. The molecule has 0 saturated carbocycles. The molecule has 25 heavy (non-hydrogen) atoms. The minimum atomic E-state index is -3.57. The molecule has 1 aliphatic heterocycles. The van der Waals surface area contributed by atoms with Gasteiger partial charge in [-0.25, -0.2) is 10.1 Å². The lowest BCUT2D eigenvalue weighted by Crippen LogP contribution is -2.50. The number of rotatable bonds is 6. The van der Waals surface area contributed by atoms with E-state index < -0.39 is 10.2 Å². The highest BCUT2D eigenvalue weighted by atomic mass is 32.2. The lowest BCUT2D eigenvalue weighted by atomic mass is 10.2. The Balaban J connectivity index is 1.49. The predicted molar refractivity (Wildman–Crippen MR) is 93.9 cm³/mol. The number of benzene rings is 1. The molecule has 3 rings (SSSR count). The molecule has 1 saturated heterocycles. The average Bonchev–Trinajstić information content (AvgIpc) is 2.99. The van der Waals surface area contributed by atoms with E-state index in [-0.39, 0.29) is 0 Å². The van der Waals surface area contributed by atoms with Crippen molar-refractivity contribution in [3.8, 4) is 5.75 Å². The summed E-state index contributed by atoms with van der Waals surface area (Å²) < 4.78 is 31.6. The van der Waals surface area contributed by atoms with Gasteiger partial charge in [-0.2, -0.15) is 12.7 Å². The molecule has 136 valence electrons. The Hall–Kier alpha value is -1.94. The third kappa shape index (κ3) is 4.79. The Bertz CT molecular complexity index is 795. The Labute approximate surface area is 148 Å². The zero-order valence-electron chi connectivity index (χ0n) is 14.2. The van der Waals surface area contributed by atoms with Crippen molar-refractivity contribution in [3.05, 3.63) is 48.0 Å². The molecule has 0 unspecified atom stereocenters. The fourth-order valence-electron chi connectivity index (χ4n) is 2.77. The van der Waals surface area contributed by atoms with Gasteiger partial charge in [0.2, 0.25) is 0 Å². The van der Waals surface area contributed by atoms with E-state index in [9.17, 15) is 8.42 Å².